The van der Waals surface area contributed by atoms with Crippen LogP contribution < -0.4 is 10.6 Å². The summed E-state index contributed by atoms with van der Waals surface area (Å²) in [6, 6.07) is 11.4. The van der Waals surface area contributed by atoms with Gasteiger partial charge in [-0.2, -0.15) is 0 Å². The van der Waals surface area contributed by atoms with Gasteiger partial charge in [0.15, 0.2) is 0 Å². The summed E-state index contributed by atoms with van der Waals surface area (Å²) < 4.78 is 5.51. The van der Waals surface area contributed by atoms with Crippen LogP contribution in [0.5, 0.6) is 0 Å². The number of nitrogens with one attached hydrogen (secondary N) is 2. The summed E-state index contributed by atoms with van der Waals surface area (Å²) in [5, 5.41) is 5.92. The summed E-state index contributed by atoms with van der Waals surface area (Å²) in [4.78, 5) is 43.4. The minimum absolute atomic E-state index is 0.242. The first-order chi connectivity index (χ1) is 19.0. The number of aryl methyl sites for hydroxylation is 2. The number of amides is 3. The first-order valence-electron chi connectivity index (χ1n) is 14.8. The van der Waals surface area contributed by atoms with E-state index in [1.165, 1.54) is 0 Å². The quantitative estimate of drug-likeness (QED) is 0.295. The molecule has 2 N–H and O–H groups in total. The van der Waals surface area contributed by atoms with Crippen molar-refractivity contribution in [2.24, 2.45) is 11.8 Å². The van der Waals surface area contributed by atoms with Gasteiger partial charge in [0, 0.05) is 11.7 Å². The second-order valence-electron chi connectivity index (χ2n) is 12.9. The van der Waals surface area contributed by atoms with Crippen LogP contribution in [0.3, 0.4) is 0 Å². The summed E-state index contributed by atoms with van der Waals surface area (Å²) in [6.07, 6.45) is 0.932. The van der Waals surface area contributed by atoms with Gasteiger partial charge in [-0.05, 0) is 101 Å². The van der Waals surface area contributed by atoms with Crippen molar-refractivity contribution in [3.05, 3.63) is 64.7 Å². The first kappa shape index (κ1) is 33.9. The van der Waals surface area contributed by atoms with Gasteiger partial charge in [0.25, 0.3) is 5.91 Å². The number of ether oxygens (including phenoxy) is 1. The van der Waals surface area contributed by atoms with E-state index < -0.39 is 23.8 Å². The second kappa shape index (κ2) is 14.5. The minimum atomic E-state index is -0.911. The fraction of sp³-hybridized carbons (Fsp3) is 0.559. The lowest BCUT2D eigenvalue weighted by atomic mass is 9.91. The molecule has 0 spiro atoms. The summed E-state index contributed by atoms with van der Waals surface area (Å²) in [7, 11) is 0. The highest BCUT2D eigenvalue weighted by molar-refractivity contribution is 5.99. The van der Waals surface area contributed by atoms with Gasteiger partial charge in [-0.3, -0.25) is 9.59 Å². The molecule has 0 bridgehead atoms. The van der Waals surface area contributed by atoms with Gasteiger partial charge in [0.05, 0.1) is 0 Å². The Kier molecular flexibility index (Phi) is 12.0. The largest absolute Gasteiger partial charge is 0.444 e. The van der Waals surface area contributed by atoms with Gasteiger partial charge >= 0.3 is 6.09 Å². The normalized spacial score (nSPS) is 13.9. The fourth-order valence-corrected chi connectivity index (χ4v) is 4.82. The maximum atomic E-state index is 14.6. The van der Waals surface area contributed by atoms with Gasteiger partial charge in [-0.1, -0.05) is 64.1 Å². The smallest absolute Gasteiger partial charge is 0.408 e. The number of carbonyl (C=O) groups excluding carboxylic acids is 3. The van der Waals surface area contributed by atoms with Crippen molar-refractivity contribution in [3.63, 3.8) is 0 Å². The number of nitrogens with zero attached hydrogens (tertiary/aromatic N) is 1. The van der Waals surface area contributed by atoms with Gasteiger partial charge in [-0.25, -0.2) is 4.79 Å². The Hall–Kier alpha value is -3.35. The van der Waals surface area contributed by atoms with Crippen molar-refractivity contribution in [1.82, 2.24) is 10.2 Å². The van der Waals surface area contributed by atoms with Crippen LogP contribution in [-0.2, 0) is 14.3 Å². The van der Waals surface area contributed by atoms with E-state index in [9.17, 15) is 14.4 Å². The predicted octanol–water partition coefficient (Wildman–Crippen LogP) is 7.49. The Bertz CT molecular complexity index is 1200. The highest BCUT2D eigenvalue weighted by Gasteiger charge is 2.40. The molecule has 0 aliphatic rings. The van der Waals surface area contributed by atoms with Crippen LogP contribution >= 0.6 is 0 Å². The summed E-state index contributed by atoms with van der Waals surface area (Å²) in [5.74, 6) is -0.422. The standard InChI is InChI=1S/C34H51N3O4/c1-21(2)19-20-25(7)37(32(39)29(22(3)4)36-33(40)41-34(9,10)11)30(27-17-14-16-23(5)26(27)8)31(38)35-28-18-13-12-15-24(28)6/h12-18,21-22,25,29-30H,19-20H2,1-11H3,(H,35,38)(H,36,40). The number of para-hydroxylation sites is 1. The average Bonchev–Trinajstić information content (AvgIpc) is 2.86. The van der Waals surface area contributed by atoms with Gasteiger partial charge in [0.2, 0.25) is 5.91 Å². The molecule has 0 aliphatic carbocycles. The molecule has 7 nitrogen and oxygen atoms in total. The van der Waals surface area contributed by atoms with E-state index in [0.29, 0.717) is 18.0 Å². The molecule has 226 valence electrons. The first-order valence-corrected chi connectivity index (χ1v) is 14.8. The third-order valence-electron chi connectivity index (χ3n) is 7.37. The third kappa shape index (κ3) is 9.61. The lowest BCUT2D eigenvalue weighted by Gasteiger charge is -2.40. The van der Waals surface area contributed by atoms with Gasteiger partial charge < -0.3 is 20.3 Å². The van der Waals surface area contributed by atoms with Crippen molar-refractivity contribution in [2.75, 3.05) is 5.32 Å². The Morgan fingerprint density at radius 3 is 2.02 bits per heavy atom. The zero-order valence-corrected chi connectivity index (χ0v) is 26.9. The van der Waals surface area contributed by atoms with E-state index in [2.05, 4.69) is 24.5 Å². The highest BCUT2D eigenvalue weighted by atomic mass is 16.6. The molecule has 0 fully saturated rings. The van der Waals surface area contributed by atoms with Crippen LogP contribution in [0.15, 0.2) is 42.5 Å². The molecule has 41 heavy (non-hydrogen) atoms. The summed E-state index contributed by atoms with van der Waals surface area (Å²) in [6.45, 7) is 21.3. The Balaban J connectivity index is 2.69. The molecule has 3 unspecified atom stereocenters. The number of alkyl carbamates (subject to hydrolysis) is 1. The summed E-state index contributed by atoms with van der Waals surface area (Å²) >= 11 is 0. The molecule has 0 aliphatic heterocycles. The van der Waals surface area contributed by atoms with Crippen molar-refractivity contribution >= 4 is 23.6 Å². The molecule has 3 atom stereocenters. The molecule has 2 aromatic carbocycles. The van der Waals surface area contributed by atoms with Crippen LogP contribution in [0.25, 0.3) is 0 Å². The van der Waals surface area contributed by atoms with Crippen LogP contribution in [0, 0.1) is 32.6 Å². The SMILES string of the molecule is Cc1ccccc1NC(=O)C(c1cccc(C)c1C)N(C(=O)C(NC(=O)OC(C)(C)C)C(C)C)C(C)CCC(C)C. The predicted molar refractivity (Wildman–Crippen MR) is 167 cm³/mol. The topological polar surface area (TPSA) is 87.7 Å². The van der Waals surface area contributed by atoms with Crippen molar-refractivity contribution < 1.29 is 19.1 Å². The molecular weight excluding hydrogens is 514 g/mol. The average molecular weight is 566 g/mol. The molecule has 0 heterocycles. The number of hydrogen-bond donors (Lipinski definition) is 2. The van der Waals surface area contributed by atoms with Crippen molar-refractivity contribution in [3.8, 4) is 0 Å². The summed E-state index contributed by atoms with van der Waals surface area (Å²) in [5.41, 5.74) is 3.66. The fourth-order valence-electron chi connectivity index (χ4n) is 4.82. The van der Waals surface area contributed by atoms with Crippen LogP contribution in [0.2, 0.25) is 0 Å². The van der Waals surface area contributed by atoms with Crippen molar-refractivity contribution in [1.29, 1.82) is 0 Å². The Morgan fingerprint density at radius 2 is 1.46 bits per heavy atom. The minimum Gasteiger partial charge on any atom is -0.444 e. The lowest BCUT2D eigenvalue weighted by molar-refractivity contribution is -0.144. The van der Waals surface area contributed by atoms with Gasteiger partial charge in [-0.15, -0.1) is 0 Å². The number of benzene rings is 2. The van der Waals surface area contributed by atoms with E-state index in [1.807, 2.05) is 84.0 Å². The molecular formula is C34H51N3O4. The Morgan fingerprint density at radius 1 is 0.854 bits per heavy atom. The molecule has 0 aromatic heterocycles. The molecule has 2 rings (SSSR count). The van der Waals surface area contributed by atoms with Crippen molar-refractivity contribution in [2.45, 2.75) is 113 Å². The molecule has 2 aromatic rings. The number of rotatable bonds is 11. The molecule has 0 radical (unpaired) electrons. The number of carbonyl (C=O) groups is 3. The van der Waals surface area contributed by atoms with E-state index in [-0.39, 0.29) is 23.8 Å². The van der Waals surface area contributed by atoms with Gasteiger partial charge in [0.1, 0.15) is 17.7 Å². The lowest BCUT2D eigenvalue weighted by Crippen LogP contribution is -2.56. The Labute approximate surface area is 247 Å². The number of hydrogen-bond acceptors (Lipinski definition) is 4. The van der Waals surface area contributed by atoms with E-state index in [1.54, 1.807) is 25.7 Å². The van der Waals surface area contributed by atoms with E-state index >= 15 is 0 Å². The maximum absolute atomic E-state index is 14.6. The van der Waals surface area contributed by atoms with Crippen LogP contribution in [-0.4, -0.2) is 40.5 Å². The third-order valence-corrected chi connectivity index (χ3v) is 7.37. The zero-order valence-electron chi connectivity index (χ0n) is 26.9. The second-order valence-corrected chi connectivity index (χ2v) is 12.9. The number of anilines is 1. The van der Waals surface area contributed by atoms with Crippen LogP contribution in [0.1, 0.15) is 96.5 Å². The molecule has 0 saturated carbocycles. The zero-order chi connectivity index (χ0) is 31.1. The molecule has 0 saturated heterocycles. The van der Waals surface area contributed by atoms with Crippen LogP contribution in [0.4, 0.5) is 10.5 Å². The molecule has 3 amide bonds. The maximum Gasteiger partial charge on any atom is 0.408 e. The highest BCUT2D eigenvalue weighted by Crippen LogP contribution is 2.32. The van der Waals surface area contributed by atoms with E-state index in [4.69, 9.17) is 4.74 Å². The molecule has 7 heteroatoms. The monoisotopic (exact) mass is 565 g/mol. The van der Waals surface area contributed by atoms with E-state index in [0.717, 1.165) is 28.7 Å².